The van der Waals surface area contributed by atoms with Gasteiger partial charge in [-0.25, -0.2) is 8.42 Å². The van der Waals surface area contributed by atoms with Crippen LogP contribution in [-0.4, -0.2) is 47.3 Å². The van der Waals surface area contributed by atoms with Gasteiger partial charge in [-0.05, 0) is 36.4 Å². The van der Waals surface area contributed by atoms with Crippen LogP contribution in [0.3, 0.4) is 0 Å². The summed E-state index contributed by atoms with van der Waals surface area (Å²) in [4.78, 5) is 25.5. The number of benzene rings is 2. The Morgan fingerprint density at radius 3 is 2.38 bits per heavy atom. The second-order valence-corrected chi connectivity index (χ2v) is 9.07. The van der Waals surface area contributed by atoms with Crippen molar-refractivity contribution in [2.45, 2.75) is 6.54 Å². The Morgan fingerprint density at radius 1 is 1.00 bits per heavy atom. The number of amides is 2. The number of carbonyl (C=O) groups excluding carboxylic acids is 2. The summed E-state index contributed by atoms with van der Waals surface area (Å²) in [5, 5.41) is 5.34. The van der Waals surface area contributed by atoms with E-state index in [1.807, 2.05) is 0 Å². The maximum atomic E-state index is 12.8. The molecule has 0 fully saturated rings. The Kier molecular flexibility index (Phi) is 7.79. The first kappa shape index (κ1) is 24.6. The van der Waals surface area contributed by atoms with E-state index >= 15 is 0 Å². The molecule has 0 aliphatic rings. The molecule has 1 aromatic heterocycles. The smallest absolute Gasteiger partial charge is 0.253 e. The minimum Gasteiger partial charge on any atom is -0.493 e. The minimum atomic E-state index is -3.82. The molecule has 2 aromatic carbocycles. The Morgan fingerprint density at radius 2 is 1.74 bits per heavy atom. The van der Waals surface area contributed by atoms with Crippen LogP contribution in [0.15, 0.2) is 65.3 Å². The quantitative estimate of drug-likeness (QED) is 0.450. The van der Waals surface area contributed by atoms with Gasteiger partial charge in [-0.3, -0.25) is 13.9 Å². The number of carbonyl (C=O) groups is 2. The van der Waals surface area contributed by atoms with Gasteiger partial charge in [-0.15, -0.1) is 0 Å². The van der Waals surface area contributed by atoms with Gasteiger partial charge in [-0.1, -0.05) is 12.1 Å². The van der Waals surface area contributed by atoms with Gasteiger partial charge in [0.25, 0.3) is 5.91 Å². The molecule has 34 heavy (non-hydrogen) atoms. The SMILES string of the molecule is COc1ccc(N(CC(=O)Nc2ccccc2C(=O)NCc2ccco2)S(C)(=O)=O)cc1OC. The van der Waals surface area contributed by atoms with Gasteiger partial charge in [0, 0.05) is 6.07 Å². The number of para-hydroxylation sites is 1. The van der Waals surface area contributed by atoms with Crippen molar-refractivity contribution >= 4 is 33.2 Å². The van der Waals surface area contributed by atoms with Crippen molar-refractivity contribution < 1.29 is 31.9 Å². The molecule has 180 valence electrons. The standard InChI is InChI=1S/C23H25N3O7S/c1-31-20-11-10-16(13-21(20)32-2)26(34(3,29)30)15-22(27)25-19-9-5-4-8-18(19)23(28)24-14-17-7-6-12-33-17/h4-13H,14-15H2,1-3H3,(H,24,28)(H,25,27). The monoisotopic (exact) mass is 487 g/mol. The fraction of sp³-hybridized carbons (Fsp3) is 0.217. The van der Waals surface area contributed by atoms with E-state index in [1.54, 1.807) is 42.5 Å². The van der Waals surface area contributed by atoms with Gasteiger partial charge in [0.15, 0.2) is 11.5 Å². The van der Waals surface area contributed by atoms with Crippen LogP contribution in [0.25, 0.3) is 0 Å². The van der Waals surface area contributed by atoms with Crippen LogP contribution in [-0.2, 0) is 21.4 Å². The van der Waals surface area contributed by atoms with E-state index in [-0.39, 0.29) is 23.5 Å². The van der Waals surface area contributed by atoms with E-state index in [4.69, 9.17) is 13.9 Å². The molecule has 0 saturated carbocycles. The summed E-state index contributed by atoms with van der Waals surface area (Å²) in [5.41, 5.74) is 0.685. The molecule has 10 nitrogen and oxygen atoms in total. The molecule has 3 aromatic rings. The van der Waals surface area contributed by atoms with Crippen molar-refractivity contribution in [1.82, 2.24) is 5.32 Å². The predicted octanol–water partition coefficient (Wildman–Crippen LogP) is 2.63. The van der Waals surface area contributed by atoms with Crippen LogP contribution in [0.4, 0.5) is 11.4 Å². The third-order valence-corrected chi connectivity index (χ3v) is 5.93. The van der Waals surface area contributed by atoms with Crippen LogP contribution in [0.5, 0.6) is 11.5 Å². The highest BCUT2D eigenvalue weighted by Gasteiger charge is 2.23. The fourth-order valence-electron chi connectivity index (χ4n) is 3.17. The lowest BCUT2D eigenvalue weighted by atomic mass is 10.1. The van der Waals surface area contributed by atoms with Gasteiger partial charge in [-0.2, -0.15) is 0 Å². The zero-order chi connectivity index (χ0) is 24.7. The highest BCUT2D eigenvalue weighted by molar-refractivity contribution is 7.92. The van der Waals surface area contributed by atoms with Crippen LogP contribution in [0.2, 0.25) is 0 Å². The number of rotatable bonds is 10. The average molecular weight is 488 g/mol. The van der Waals surface area contributed by atoms with Crippen LogP contribution < -0.4 is 24.4 Å². The zero-order valence-electron chi connectivity index (χ0n) is 18.9. The zero-order valence-corrected chi connectivity index (χ0v) is 19.7. The number of anilines is 2. The molecule has 0 atom stereocenters. The van der Waals surface area contributed by atoms with E-state index in [0.29, 0.717) is 17.3 Å². The molecular weight excluding hydrogens is 462 g/mol. The first-order valence-corrected chi connectivity index (χ1v) is 12.0. The van der Waals surface area contributed by atoms with Gasteiger partial charge < -0.3 is 24.5 Å². The van der Waals surface area contributed by atoms with Crippen LogP contribution >= 0.6 is 0 Å². The molecule has 0 spiro atoms. The van der Waals surface area contributed by atoms with Crippen LogP contribution in [0.1, 0.15) is 16.1 Å². The maximum Gasteiger partial charge on any atom is 0.253 e. The molecule has 0 saturated heterocycles. The second-order valence-electron chi connectivity index (χ2n) is 7.16. The largest absolute Gasteiger partial charge is 0.493 e. The molecule has 2 N–H and O–H groups in total. The lowest BCUT2D eigenvalue weighted by molar-refractivity contribution is -0.114. The lowest BCUT2D eigenvalue weighted by Gasteiger charge is -2.23. The molecule has 11 heteroatoms. The van der Waals surface area contributed by atoms with Crippen LogP contribution in [0, 0.1) is 0 Å². The van der Waals surface area contributed by atoms with E-state index in [0.717, 1.165) is 10.6 Å². The molecule has 0 unspecified atom stereocenters. The number of ether oxygens (including phenoxy) is 2. The molecule has 0 radical (unpaired) electrons. The van der Waals surface area contributed by atoms with Crippen molar-refractivity contribution in [3.05, 3.63) is 72.2 Å². The number of nitrogens with zero attached hydrogens (tertiary/aromatic N) is 1. The average Bonchev–Trinajstić information content (AvgIpc) is 3.34. The van der Waals surface area contributed by atoms with Gasteiger partial charge in [0.1, 0.15) is 12.3 Å². The summed E-state index contributed by atoms with van der Waals surface area (Å²) in [6.45, 7) is -0.341. The molecule has 3 rings (SSSR count). The Hall–Kier alpha value is -3.99. The summed E-state index contributed by atoms with van der Waals surface area (Å²) in [6.07, 6.45) is 2.49. The molecule has 0 bridgehead atoms. The topological polar surface area (TPSA) is 127 Å². The van der Waals surface area contributed by atoms with E-state index < -0.39 is 28.4 Å². The highest BCUT2D eigenvalue weighted by Crippen LogP contribution is 2.32. The molecule has 2 amide bonds. The van der Waals surface area contributed by atoms with Crippen molar-refractivity contribution in [3.63, 3.8) is 0 Å². The van der Waals surface area contributed by atoms with E-state index in [2.05, 4.69) is 10.6 Å². The normalized spacial score (nSPS) is 10.9. The third kappa shape index (κ3) is 6.07. The van der Waals surface area contributed by atoms with E-state index in [9.17, 15) is 18.0 Å². The molecular formula is C23H25N3O7S. The van der Waals surface area contributed by atoms with E-state index in [1.165, 1.54) is 32.6 Å². The van der Waals surface area contributed by atoms with Crippen molar-refractivity contribution in [1.29, 1.82) is 0 Å². The van der Waals surface area contributed by atoms with Crippen molar-refractivity contribution in [3.8, 4) is 11.5 Å². The Labute approximate surface area is 197 Å². The number of methoxy groups -OCH3 is 2. The number of nitrogens with one attached hydrogen (secondary N) is 2. The summed E-state index contributed by atoms with van der Waals surface area (Å²) in [7, 11) is -0.940. The molecule has 0 aliphatic heterocycles. The summed E-state index contributed by atoms with van der Waals surface area (Å²) >= 11 is 0. The number of furan rings is 1. The fourth-order valence-corrected chi connectivity index (χ4v) is 4.01. The summed E-state index contributed by atoms with van der Waals surface area (Å²) in [6, 6.07) is 14.4. The van der Waals surface area contributed by atoms with Crippen molar-refractivity contribution in [2.75, 3.05) is 36.6 Å². The molecule has 0 aliphatic carbocycles. The minimum absolute atomic E-state index is 0.176. The lowest BCUT2D eigenvalue weighted by Crippen LogP contribution is -2.37. The number of hydrogen-bond acceptors (Lipinski definition) is 7. The van der Waals surface area contributed by atoms with Gasteiger partial charge in [0.05, 0.1) is 50.2 Å². The third-order valence-electron chi connectivity index (χ3n) is 4.79. The summed E-state index contributed by atoms with van der Waals surface area (Å²) in [5.74, 6) is 0.249. The molecule has 1 heterocycles. The second kappa shape index (κ2) is 10.8. The first-order chi connectivity index (χ1) is 16.2. The number of sulfonamides is 1. The summed E-state index contributed by atoms with van der Waals surface area (Å²) < 4.78 is 41.4. The number of hydrogen-bond donors (Lipinski definition) is 2. The predicted molar refractivity (Wildman–Crippen MR) is 127 cm³/mol. The maximum absolute atomic E-state index is 12.8. The Balaban J connectivity index is 1.77. The van der Waals surface area contributed by atoms with Gasteiger partial charge >= 0.3 is 0 Å². The highest BCUT2D eigenvalue weighted by atomic mass is 32.2. The van der Waals surface area contributed by atoms with Crippen molar-refractivity contribution in [2.24, 2.45) is 0 Å². The first-order valence-electron chi connectivity index (χ1n) is 10.1. The Bertz CT molecular complexity index is 1260. The van der Waals surface area contributed by atoms with Gasteiger partial charge in [0.2, 0.25) is 15.9 Å².